The molecule has 1 aromatic carbocycles. The number of hydrogen-bond donors (Lipinski definition) is 1. The van der Waals surface area contributed by atoms with Gasteiger partial charge in [-0.1, -0.05) is 30.3 Å². The lowest BCUT2D eigenvalue weighted by atomic mass is 10.1. The van der Waals surface area contributed by atoms with Crippen LogP contribution in [0.3, 0.4) is 0 Å². The molecule has 2 aromatic heterocycles. The van der Waals surface area contributed by atoms with E-state index in [4.69, 9.17) is 0 Å². The van der Waals surface area contributed by atoms with Crippen molar-refractivity contribution in [3.63, 3.8) is 0 Å². The number of fused-ring (bicyclic) bond motifs is 1. The maximum absolute atomic E-state index is 13.4. The second kappa shape index (κ2) is 4.48. The fraction of sp³-hybridized carbons (Fsp3) is 0.133. The average Bonchev–Trinajstić information content (AvgIpc) is 2.78. The SMILES string of the molecule is CC(O)c1c(-c2ccccc2)nc2ccc(F)cn12. The van der Waals surface area contributed by atoms with Crippen molar-refractivity contribution < 1.29 is 9.50 Å². The van der Waals surface area contributed by atoms with E-state index in [-0.39, 0.29) is 5.82 Å². The highest BCUT2D eigenvalue weighted by atomic mass is 19.1. The zero-order chi connectivity index (χ0) is 13.4. The van der Waals surface area contributed by atoms with Crippen LogP contribution in [0.25, 0.3) is 16.9 Å². The van der Waals surface area contributed by atoms with Gasteiger partial charge in [0.2, 0.25) is 0 Å². The number of rotatable bonds is 2. The van der Waals surface area contributed by atoms with E-state index in [0.29, 0.717) is 17.0 Å². The van der Waals surface area contributed by atoms with Crippen molar-refractivity contribution in [2.24, 2.45) is 0 Å². The molecule has 4 heteroatoms. The van der Waals surface area contributed by atoms with E-state index in [0.717, 1.165) is 5.56 Å². The van der Waals surface area contributed by atoms with E-state index in [9.17, 15) is 9.50 Å². The number of hydrogen-bond acceptors (Lipinski definition) is 2. The summed E-state index contributed by atoms with van der Waals surface area (Å²) < 4.78 is 15.0. The maximum atomic E-state index is 13.4. The van der Waals surface area contributed by atoms with Gasteiger partial charge in [-0.15, -0.1) is 0 Å². The van der Waals surface area contributed by atoms with Crippen LogP contribution in [0.2, 0.25) is 0 Å². The molecule has 1 atom stereocenters. The van der Waals surface area contributed by atoms with Gasteiger partial charge in [-0.25, -0.2) is 9.37 Å². The second-order valence-corrected chi connectivity index (χ2v) is 4.46. The molecule has 2 heterocycles. The minimum atomic E-state index is -0.730. The molecule has 0 saturated heterocycles. The molecule has 1 N–H and O–H groups in total. The Labute approximate surface area is 110 Å². The summed E-state index contributed by atoms with van der Waals surface area (Å²) in [5.74, 6) is -0.355. The zero-order valence-electron chi connectivity index (χ0n) is 10.4. The van der Waals surface area contributed by atoms with Gasteiger partial charge in [0.15, 0.2) is 0 Å². The summed E-state index contributed by atoms with van der Waals surface area (Å²) in [6, 6.07) is 12.5. The summed E-state index contributed by atoms with van der Waals surface area (Å²) >= 11 is 0. The smallest absolute Gasteiger partial charge is 0.139 e. The standard InChI is InChI=1S/C15H13FN2O/c1-10(19)15-14(11-5-3-2-4-6-11)17-13-8-7-12(16)9-18(13)15/h2-10,19H,1H3. The summed E-state index contributed by atoms with van der Waals surface area (Å²) in [5.41, 5.74) is 2.81. The van der Waals surface area contributed by atoms with Crippen LogP contribution in [0, 0.1) is 5.82 Å². The average molecular weight is 256 g/mol. The van der Waals surface area contributed by atoms with Gasteiger partial charge in [-0.2, -0.15) is 0 Å². The highest BCUT2D eigenvalue weighted by molar-refractivity contribution is 5.66. The Bertz CT molecular complexity index is 720. The molecule has 0 aliphatic heterocycles. The number of aliphatic hydroxyl groups excluding tert-OH is 1. The third-order valence-corrected chi connectivity index (χ3v) is 3.06. The Balaban J connectivity index is 2.33. The Hall–Kier alpha value is -2.20. The van der Waals surface area contributed by atoms with Gasteiger partial charge < -0.3 is 5.11 Å². The Morgan fingerprint density at radius 2 is 1.89 bits per heavy atom. The van der Waals surface area contributed by atoms with Crippen LogP contribution in [0.4, 0.5) is 4.39 Å². The van der Waals surface area contributed by atoms with E-state index in [2.05, 4.69) is 4.98 Å². The van der Waals surface area contributed by atoms with Crippen LogP contribution >= 0.6 is 0 Å². The predicted octanol–water partition coefficient (Wildman–Crippen LogP) is 3.19. The first-order chi connectivity index (χ1) is 9.16. The van der Waals surface area contributed by atoms with Gasteiger partial charge in [0, 0.05) is 11.8 Å². The largest absolute Gasteiger partial charge is 0.387 e. The van der Waals surface area contributed by atoms with E-state index in [1.54, 1.807) is 17.4 Å². The molecule has 3 nitrogen and oxygen atoms in total. The van der Waals surface area contributed by atoms with E-state index < -0.39 is 6.10 Å². The lowest BCUT2D eigenvalue weighted by Gasteiger charge is -2.07. The fourth-order valence-corrected chi connectivity index (χ4v) is 2.24. The molecule has 0 amide bonds. The quantitative estimate of drug-likeness (QED) is 0.764. The third kappa shape index (κ3) is 2.00. The lowest BCUT2D eigenvalue weighted by molar-refractivity contribution is 0.194. The predicted molar refractivity (Wildman–Crippen MR) is 71.2 cm³/mol. The highest BCUT2D eigenvalue weighted by Gasteiger charge is 2.17. The van der Waals surface area contributed by atoms with Crippen molar-refractivity contribution in [1.29, 1.82) is 0 Å². The molecule has 3 rings (SSSR count). The molecule has 0 saturated carbocycles. The van der Waals surface area contributed by atoms with Crippen LogP contribution in [0.5, 0.6) is 0 Å². The summed E-state index contributed by atoms with van der Waals surface area (Å²) in [7, 11) is 0. The topological polar surface area (TPSA) is 37.5 Å². The Kier molecular flexibility index (Phi) is 2.80. The molecule has 0 radical (unpaired) electrons. The molecule has 96 valence electrons. The van der Waals surface area contributed by atoms with Gasteiger partial charge in [-0.05, 0) is 19.1 Å². The van der Waals surface area contributed by atoms with Crippen LogP contribution in [0.1, 0.15) is 18.7 Å². The van der Waals surface area contributed by atoms with Crippen molar-refractivity contribution in [3.8, 4) is 11.3 Å². The lowest BCUT2D eigenvalue weighted by Crippen LogP contribution is -2.00. The first-order valence-electron chi connectivity index (χ1n) is 6.08. The number of nitrogens with zero attached hydrogens (tertiary/aromatic N) is 2. The van der Waals surface area contributed by atoms with Crippen LogP contribution in [-0.2, 0) is 0 Å². The normalized spacial score (nSPS) is 12.8. The molecule has 19 heavy (non-hydrogen) atoms. The summed E-state index contributed by atoms with van der Waals surface area (Å²) in [5, 5.41) is 9.96. The molecule has 3 aromatic rings. The highest BCUT2D eigenvalue weighted by Crippen LogP contribution is 2.28. The molecule has 0 bridgehead atoms. The minimum absolute atomic E-state index is 0.355. The van der Waals surface area contributed by atoms with Gasteiger partial charge in [0.1, 0.15) is 11.5 Å². The van der Waals surface area contributed by atoms with Crippen LogP contribution in [-0.4, -0.2) is 14.5 Å². The first kappa shape index (κ1) is 11.9. The van der Waals surface area contributed by atoms with Gasteiger partial charge >= 0.3 is 0 Å². The number of imidazole rings is 1. The van der Waals surface area contributed by atoms with E-state index >= 15 is 0 Å². The van der Waals surface area contributed by atoms with Crippen molar-refractivity contribution >= 4 is 5.65 Å². The fourth-order valence-electron chi connectivity index (χ4n) is 2.24. The van der Waals surface area contributed by atoms with E-state index in [1.807, 2.05) is 30.3 Å². The maximum Gasteiger partial charge on any atom is 0.139 e. The Morgan fingerprint density at radius 3 is 2.58 bits per heavy atom. The monoisotopic (exact) mass is 256 g/mol. The summed E-state index contributed by atoms with van der Waals surface area (Å²) in [6.07, 6.45) is 0.614. The van der Waals surface area contributed by atoms with Gasteiger partial charge in [-0.3, -0.25) is 4.40 Å². The van der Waals surface area contributed by atoms with Crippen molar-refractivity contribution in [3.05, 3.63) is 60.2 Å². The summed E-state index contributed by atoms with van der Waals surface area (Å²) in [4.78, 5) is 4.48. The molecular weight excluding hydrogens is 243 g/mol. The molecule has 0 fully saturated rings. The summed E-state index contributed by atoms with van der Waals surface area (Å²) in [6.45, 7) is 1.65. The van der Waals surface area contributed by atoms with Crippen molar-refractivity contribution in [1.82, 2.24) is 9.38 Å². The number of pyridine rings is 1. The van der Waals surface area contributed by atoms with Gasteiger partial charge in [0.25, 0.3) is 0 Å². The number of aliphatic hydroxyl groups is 1. The zero-order valence-corrected chi connectivity index (χ0v) is 10.4. The first-order valence-corrected chi connectivity index (χ1v) is 6.08. The number of benzene rings is 1. The molecular formula is C15H13FN2O. The molecule has 1 unspecified atom stereocenters. The number of halogens is 1. The van der Waals surface area contributed by atoms with Crippen molar-refractivity contribution in [2.75, 3.05) is 0 Å². The molecule has 0 spiro atoms. The van der Waals surface area contributed by atoms with Crippen LogP contribution in [0.15, 0.2) is 48.7 Å². The van der Waals surface area contributed by atoms with Gasteiger partial charge in [0.05, 0.1) is 17.5 Å². The molecule has 0 aliphatic rings. The van der Waals surface area contributed by atoms with Crippen molar-refractivity contribution in [2.45, 2.75) is 13.0 Å². The van der Waals surface area contributed by atoms with Crippen LogP contribution < -0.4 is 0 Å². The molecule has 0 aliphatic carbocycles. The third-order valence-electron chi connectivity index (χ3n) is 3.06. The van der Waals surface area contributed by atoms with E-state index in [1.165, 1.54) is 12.3 Å². The number of aromatic nitrogens is 2. The minimum Gasteiger partial charge on any atom is -0.387 e. The Morgan fingerprint density at radius 1 is 1.16 bits per heavy atom. The second-order valence-electron chi connectivity index (χ2n) is 4.46.